The van der Waals surface area contributed by atoms with Gasteiger partial charge in [0.2, 0.25) is 0 Å². The average molecular weight is 281 g/mol. The zero-order valence-corrected chi connectivity index (χ0v) is 11.7. The van der Waals surface area contributed by atoms with E-state index in [2.05, 4.69) is 17.4 Å². The highest BCUT2D eigenvalue weighted by Gasteiger charge is 2.35. The van der Waals surface area contributed by atoms with Crippen molar-refractivity contribution in [2.75, 3.05) is 24.6 Å². The van der Waals surface area contributed by atoms with E-state index in [9.17, 15) is 8.42 Å². The van der Waals surface area contributed by atoms with Crippen molar-refractivity contribution in [1.82, 2.24) is 5.32 Å². The molecule has 19 heavy (non-hydrogen) atoms. The number of hydrogen-bond acceptors (Lipinski definition) is 4. The fourth-order valence-corrected chi connectivity index (χ4v) is 3.92. The van der Waals surface area contributed by atoms with Crippen LogP contribution in [0.25, 0.3) is 0 Å². The molecule has 3 rings (SSSR count). The highest BCUT2D eigenvalue weighted by Crippen LogP contribution is 2.27. The van der Waals surface area contributed by atoms with Crippen molar-refractivity contribution < 1.29 is 13.2 Å². The molecule has 0 aliphatic carbocycles. The van der Waals surface area contributed by atoms with Crippen LogP contribution in [0.4, 0.5) is 0 Å². The van der Waals surface area contributed by atoms with Gasteiger partial charge in [0.15, 0.2) is 9.84 Å². The first-order valence-corrected chi connectivity index (χ1v) is 8.62. The molecule has 2 saturated heterocycles. The average Bonchev–Trinajstić information content (AvgIpc) is 2.38. The predicted molar refractivity (Wildman–Crippen MR) is 74.4 cm³/mol. The molecule has 0 amide bonds. The molecule has 0 aromatic heterocycles. The van der Waals surface area contributed by atoms with E-state index < -0.39 is 9.84 Å². The molecule has 1 aromatic rings. The van der Waals surface area contributed by atoms with E-state index >= 15 is 0 Å². The molecular weight excluding hydrogens is 262 g/mol. The topological polar surface area (TPSA) is 55.4 Å². The van der Waals surface area contributed by atoms with Crippen LogP contribution in [0, 0.1) is 0 Å². The summed E-state index contributed by atoms with van der Waals surface area (Å²) in [6.07, 6.45) is 2.21. The molecule has 2 fully saturated rings. The van der Waals surface area contributed by atoms with Crippen LogP contribution < -0.4 is 10.1 Å². The molecule has 4 nitrogen and oxygen atoms in total. The first-order valence-electron chi connectivity index (χ1n) is 6.80. The summed E-state index contributed by atoms with van der Waals surface area (Å²) in [6.45, 7) is 2.17. The number of hydrogen-bond donors (Lipinski definition) is 1. The van der Waals surface area contributed by atoms with Crippen LogP contribution >= 0.6 is 0 Å². The van der Waals surface area contributed by atoms with Crippen LogP contribution in [-0.4, -0.2) is 39.1 Å². The third-order valence-electron chi connectivity index (χ3n) is 3.87. The van der Waals surface area contributed by atoms with Gasteiger partial charge >= 0.3 is 0 Å². The molecule has 0 saturated carbocycles. The third kappa shape index (κ3) is 3.09. The fraction of sp³-hybridized carbons (Fsp3) is 0.571. The summed E-state index contributed by atoms with van der Waals surface area (Å²) in [4.78, 5) is 0. The van der Waals surface area contributed by atoms with Gasteiger partial charge in [0, 0.05) is 0 Å². The minimum Gasteiger partial charge on any atom is -0.488 e. The van der Waals surface area contributed by atoms with E-state index in [1.807, 2.05) is 12.1 Å². The van der Waals surface area contributed by atoms with Crippen molar-refractivity contribution in [3.63, 3.8) is 0 Å². The molecule has 0 atom stereocenters. The molecule has 104 valence electrons. The standard InChI is InChI=1S/C14H19NO3S/c16-19(17)9-14(10-19)18-13-3-1-11(2-4-13)12-5-7-15-8-6-12/h1-4,12,14-15H,5-10H2. The maximum absolute atomic E-state index is 11.1. The first kappa shape index (κ1) is 12.9. The largest absolute Gasteiger partial charge is 0.488 e. The van der Waals surface area contributed by atoms with Crippen molar-refractivity contribution in [2.45, 2.75) is 24.9 Å². The summed E-state index contributed by atoms with van der Waals surface area (Å²) in [5.41, 5.74) is 1.36. The zero-order chi connectivity index (χ0) is 13.3. The Hall–Kier alpha value is -1.07. The van der Waals surface area contributed by atoms with Crippen LogP contribution in [-0.2, 0) is 9.84 Å². The van der Waals surface area contributed by atoms with Crippen LogP contribution in [0.1, 0.15) is 24.3 Å². The van der Waals surface area contributed by atoms with Crippen molar-refractivity contribution in [3.05, 3.63) is 29.8 Å². The number of benzene rings is 1. The lowest BCUT2D eigenvalue weighted by Crippen LogP contribution is -2.45. The summed E-state index contributed by atoms with van der Waals surface area (Å²) in [7, 11) is -2.81. The Kier molecular flexibility index (Phi) is 3.50. The molecule has 0 bridgehead atoms. The van der Waals surface area contributed by atoms with Crippen LogP contribution in [0.5, 0.6) is 5.75 Å². The second-order valence-corrected chi connectivity index (χ2v) is 7.56. The summed E-state index contributed by atoms with van der Waals surface area (Å²) in [5, 5.41) is 3.36. The Labute approximate surface area is 114 Å². The molecule has 0 spiro atoms. The van der Waals surface area contributed by atoms with Gasteiger partial charge in [-0.3, -0.25) is 0 Å². The minimum atomic E-state index is -2.81. The molecular formula is C14H19NO3S. The molecule has 2 aliphatic rings. The fourth-order valence-electron chi connectivity index (χ4n) is 2.75. The smallest absolute Gasteiger partial charge is 0.157 e. The van der Waals surface area contributed by atoms with Crippen molar-refractivity contribution in [3.8, 4) is 5.75 Å². The van der Waals surface area contributed by atoms with Gasteiger partial charge in [-0.05, 0) is 49.5 Å². The Morgan fingerprint density at radius 2 is 1.68 bits per heavy atom. The van der Waals surface area contributed by atoms with Gasteiger partial charge in [0.1, 0.15) is 11.9 Å². The van der Waals surface area contributed by atoms with E-state index in [-0.39, 0.29) is 17.6 Å². The lowest BCUT2D eigenvalue weighted by molar-refractivity contribution is 0.230. The molecule has 5 heteroatoms. The second-order valence-electron chi connectivity index (χ2n) is 5.41. The summed E-state index contributed by atoms with van der Waals surface area (Å²) in [6, 6.07) is 8.14. The number of nitrogens with one attached hydrogen (secondary N) is 1. The molecule has 2 aliphatic heterocycles. The Bertz CT molecular complexity index is 520. The molecule has 1 N–H and O–H groups in total. The SMILES string of the molecule is O=S1(=O)CC(Oc2ccc(C3CCNCC3)cc2)C1. The van der Waals surface area contributed by atoms with Gasteiger partial charge < -0.3 is 10.1 Å². The highest BCUT2D eigenvalue weighted by molar-refractivity contribution is 7.92. The van der Waals surface area contributed by atoms with Crippen molar-refractivity contribution in [2.24, 2.45) is 0 Å². The van der Waals surface area contributed by atoms with Gasteiger partial charge in [-0.15, -0.1) is 0 Å². The Balaban J connectivity index is 1.59. The van der Waals surface area contributed by atoms with E-state index in [4.69, 9.17) is 4.74 Å². The second kappa shape index (κ2) is 5.13. The van der Waals surface area contributed by atoms with Gasteiger partial charge in [-0.1, -0.05) is 12.1 Å². The Morgan fingerprint density at radius 3 is 2.26 bits per heavy atom. The van der Waals surface area contributed by atoms with Gasteiger partial charge in [-0.2, -0.15) is 0 Å². The van der Waals surface area contributed by atoms with Gasteiger partial charge in [-0.25, -0.2) is 8.42 Å². The lowest BCUT2D eigenvalue weighted by atomic mass is 9.90. The monoisotopic (exact) mass is 281 g/mol. The number of ether oxygens (including phenoxy) is 1. The molecule has 1 aromatic carbocycles. The van der Waals surface area contributed by atoms with Crippen LogP contribution in [0.2, 0.25) is 0 Å². The van der Waals surface area contributed by atoms with Crippen molar-refractivity contribution >= 4 is 9.84 Å². The third-order valence-corrected chi connectivity index (χ3v) is 5.63. The van der Waals surface area contributed by atoms with E-state index in [0.29, 0.717) is 5.92 Å². The zero-order valence-electron chi connectivity index (χ0n) is 10.8. The summed E-state index contributed by atoms with van der Waals surface area (Å²) < 4.78 is 27.8. The number of rotatable bonds is 3. The predicted octanol–water partition coefficient (Wildman–Crippen LogP) is 1.33. The van der Waals surface area contributed by atoms with Gasteiger partial charge in [0.05, 0.1) is 11.5 Å². The highest BCUT2D eigenvalue weighted by atomic mass is 32.2. The maximum Gasteiger partial charge on any atom is 0.157 e. The number of piperidine rings is 1. The summed E-state index contributed by atoms with van der Waals surface area (Å²) in [5.74, 6) is 1.73. The maximum atomic E-state index is 11.1. The quantitative estimate of drug-likeness (QED) is 0.908. The molecule has 0 radical (unpaired) electrons. The number of sulfone groups is 1. The van der Waals surface area contributed by atoms with E-state index in [1.165, 1.54) is 18.4 Å². The molecule has 0 unspecified atom stereocenters. The van der Waals surface area contributed by atoms with E-state index in [0.717, 1.165) is 18.8 Å². The van der Waals surface area contributed by atoms with Crippen LogP contribution in [0.3, 0.4) is 0 Å². The van der Waals surface area contributed by atoms with Crippen LogP contribution in [0.15, 0.2) is 24.3 Å². The van der Waals surface area contributed by atoms with E-state index in [1.54, 1.807) is 0 Å². The Morgan fingerprint density at radius 1 is 1.05 bits per heavy atom. The normalized spacial score (nSPS) is 23.8. The van der Waals surface area contributed by atoms with Crippen molar-refractivity contribution in [1.29, 1.82) is 0 Å². The molecule has 2 heterocycles. The lowest BCUT2D eigenvalue weighted by Gasteiger charge is -2.27. The first-order chi connectivity index (χ1) is 9.12. The summed E-state index contributed by atoms with van der Waals surface area (Å²) >= 11 is 0. The minimum absolute atomic E-state index is 0.156. The van der Waals surface area contributed by atoms with Gasteiger partial charge in [0.25, 0.3) is 0 Å².